The number of likely N-dealkylation sites (tertiary alicyclic amines) is 1. The molecule has 0 saturated carbocycles. The SMILES string of the molecule is COCCN(Cc1ccccc1)C(=O)C1CCN(C(=O)C(C)(C)C)CC1. The Kier molecular flexibility index (Phi) is 7.21. The zero-order valence-corrected chi connectivity index (χ0v) is 16.5. The summed E-state index contributed by atoms with van der Waals surface area (Å²) in [5.41, 5.74) is 0.756. The van der Waals surface area contributed by atoms with Gasteiger partial charge in [-0.2, -0.15) is 0 Å². The lowest BCUT2D eigenvalue weighted by molar-refractivity contribution is -0.145. The number of methoxy groups -OCH3 is 1. The summed E-state index contributed by atoms with van der Waals surface area (Å²) in [6, 6.07) is 10.0. The van der Waals surface area contributed by atoms with Crippen molar-refractivity contribution in [2.75, 3.05) is 33.4 Å². The molecule has 0 radical (unpaired) electrons. The lowest BCUT2D eigenvalue weighted by Crippen LogP contribution is -2.47. The highest BCUT2D eigenvalue weighted by Crippen LogP contribution is 2.25. The molecule has 0 aliphatic carbocycles. The molecular weight excluding hydrogens is 328 g/mol. The summed E-state index contributed by atoms with van der Waals surface area (Å²) in [6.07, 6.45) is 1.47. The number of benzene rings is 1. The highest BCUT2D eigenvalue weighted by Gasteiger charge is 2.33. The van der Waals surface area contributed by atoms with Crippen LogP contribution in [0.4, 0.5) is 0 Å². The molecule has 2 rings (SSSR count). The molecule has 1 heterocycles. The van der Waals surface area contributed by atoms with Gasteiger partial charge in [0.05, 0.1) is 6.61 Å². The monoisotopic (exact) mass is 360 g/mol. The highest BCUT2D eigenvalue weighted by atomic mass is 16.5. The predicted octanol–water partition coefficient (Wildman–Crippen LogP) is 2.95. The molecule has 1 aliphatic rings. The van der Waals surface area contributed by atoms with Crippen LogP contribution in [0.25, 0.3) is 0 Å². The van der Waals surface area contributed by atoms with Gasteiger partial charge in [-0.15, -0.1) is 0 Å². The van der Waals surface area contributed by atoms with Crippen LogP contribution in [0.15, 0.2) is 30.3 Å². The van der Waals surface area contributed by atoms with E-state index in [1.165, 1.54) is 0 Å². The third kappa shape index (κ3) is 5.56. The number of ether oxygens (including phenoxy) is 1. The fraction of sp³-hybridized carbons (Fsp3) is 0.619. The second-order valence-corrected chi connectivity index (χ2v) is 8.05. The topological polar surface area (TPSA) is 49.9 Å². The molecule has 26 heavy (non-hydrogen) atoms. The Morgan fingerprint density at radius 2 is 1.77 bits per heavy atom. The minimum Gasteiger partial charge on any atom is -0.383 e. The molecule has 2 amide bonds. The molecule has 0 atom stereocenters. The van der Waals surface area contributed by atoms with Gasteiger partial charge in [-0.1, -0.05) is 51.1 Å². The summed E-state index contributed by atoms with van der Waals surface area (Å²) in [5, 5.41) is 0. The minimum atomic E-state index is -0.366. The van der Waals surface area contributed by atoms with Gasteiger partial charge in [0.25, 0.3) is 0 Å². The van der Waals surface area contributed by atoms with Crippen molar-refractivity contribution in [3.05, 3.63) is 35.9 Å². The van der Waals surface area contributed by atoms with Crippen molar-refractivity contribution in [1.29, 1.82) is 0 Å². The molecule has 1 aliphatic heterocycles. The van der Waals surface area contributed by atoms with Crippen molar-refractivity contribution in [3.63, 3.8) is 0 Å². The first-order chi connectivity index (χ1) is 12.3. The fourth-order valence-electron chi connectivity index (χ4n) is 3.33. The Balaban J connectivity index is 1.97. The first kappa shape index (κ1) is 20.4. The van der Waals surface area contributed by atoms with Gasteiger partial charge in [-0.05, 0) is 18.4 Å². The zero-order valence-electron chi connectivity index (χ0n) is 16.5. The molecule has 0 unspecified atom stereocenters. The van der Waals surface area contributed by atoms with Crippen LogP contribution in [0, 0.1) is 11.3 Å². The van der Waals surface area contributed by atoms with E-state index in [9.17, 15) is 9.59 Å². The lowest BCUT2D eigenvalue weighted by Gasteiger charge is -2.37. The predicted molar refractivity (Wildman–Crippen MR) is 102 cm³/mol. The van der Waals surface area contributed by atoms with Gasteiger partial charge in [-0.3, -0.25) is 9.59 Å². The summed E-state index contributed by atoms with van der Waals surface area (Å²) < 4.78 is 5.19. The minimum absolute atomic E-state index is 0.0143. The number of carbonyl (C=O) groups excluding carboxylic acids is 2. The highest BCUT2D eigenvalue weighted by molar-refractivity contribution is 5.82. The summed E-state index contributed by atoms with van der Waals surface area (Å²) in [5.74, 6) is 0.331. The third-order valence-corrected chi connectivity index (χ3v) is 4.87. The van der Waals surface area contributed by atoms with Crippen molar-refractivity contribution >= 4 is 11.8 Å². The van der Waals surface area contributed by atoms with E-state index in [-0.39, 0.29) is 23.1 Å². The fourth-order valence-corrected chi connectivity index (χ4v) is 3.33. The molecule has 1 saturated heterocycles. The maximum atomic E-state index is 13.0. The van der Waals surface area contributed by atoms with Crippen LogP contribution in [-0.2, 0) is 20.9 Å². The Morgan fingerprint density at radius 1 is 1.15 bits per heavy atom. The normalized spacial score (nSPS) is 15.8. The van der Waals surface area contributed by atoms with Crippen molar-refractivity contribution in [3.8, 4) is 0 Å². The number of hydrogen-bond donors (Lipinski definition) is 0. The Labute approximate surface area is 157 Å². The number of piperidine rings is 1. The van der Waals surface area contributed by atoms with Crippen LogP contribution in [0.5, 0.6) is 0 Å². The van der Waals surface area contributed by atoms with E-state index in [0.717, 1.165) is 18.4 Å². The van der Waals surface area contributed by atoms with Gasteiger partial charge in [-0.25, -0.2) is 0 Å². The average Bonchev–Trinajstić information content (AvgIpc) is 2.64. The maximum Gasteiger partial charge on any atom is 0.227 e. The van der Waals surface area contributed by atoms with Crippen LogP contribution in [0.2, 0.25) is 0 Å². The molecule has 0 aromatic heterocycles. The lowest BCUT2D eigenvalue weighted by atomic mass is 9.90. The second-order valence-electron chi connectivity index (χ2n) is 8.05. The van der Waals surface area contributed by atoms with E-state index in [2.05, 4.69) is 0 Å². The molecule has 1 aromatic carbocycles. The molecule has 0 spiro atoms. The van der Waals surface area contributed by atoms with E-state index >= 15 is 0 Å². The van der Waals surface area contributed by atoms with Crippen LogP contribution in [0.3, 0.4) is 0 Å². The third-order valence-electron chi connectivity index (χ3n) is 4.87. The summed E-state index contributed by atoms with van der Waals surface area (Å²) in [6.45, 7) is 8.87. The smallest absolute Gasteiger partial charge is 0.227 e. The summed E-state index contributed by atoms with van der Waals surface area (Å²) in [4.78, 5) is 29.3. The standard InChI is InChI=1S/C21H32N2O3/c1-21(2,3)20(25)22-12-10-18(11-13-22)19(24)23(14-15-26-4)16-17-8-6-5-7-9-17/h5-9,18H,10-16H2,1-4H3. The van der Waals surface area contributed by atoms with E-state index in [1.807, 2.05) is 60.9 Å². The molecule has 0 N–H and O–H groups in total. The second kappa shape index (κ2) is 9.17. The molecule has 144 valence electrons. The van der Waals surface area contributed by atoms with Crippen molar-refractivity contribution in [2.45, 2.75) is 40.2 Å². The summed E-state index contributed by atoms with van der Waals surface area (Å²) >= 11 is 0. The first-order valence-electron chi connectivity index (χ1n) is 9.44. The van der Waals surface area contributed by atoms with E-state index in [1.54, 1.807) is 7.11 Å². The van der Waals surface area contributed by atoms with Crippen LogP contribution < -0.4 is 0 Å². The molecule has 1 fully saturated rings. The van der Waals surface area contributed by atoms with Crippen molar-refractivity contribution in [1.82, 2.24) is 9.80 Å². The van der Waals surface area contributed by atoms with E-state index in [0.29, 0.717) is 32.8 Å². The number of rotatable bonds is 6. The number of carbonyl (C=O) groups is 2. The van der Waals surface area contributed by atoms with E-state index < -0.39 is 0 Å². The number of amides is 2. The Morgan fingerprint density at radius 3 is 2.31 bits per heavy atom. The largest absolute Gasteiger partial charge is 0.383 e. The van der Waals surface area contributed by atoms with Gasteiger partial charge in [0.1, 0.15) is 0 Å². The van der Waals surface area contributed by atoms with Crippen LogP contribution in [-0.4, -0.2) is 55.0 Å². The van der Waals surface area contributed by atoms with Gasteiger partial charge >= 0.3 is 0 Å². The molecule has 5 nitrogen and oxygen atoms in total. The quantitative estimate of drug-likeness (QED) is 0.784. The van der Waals surface area contributed by atoms with Crippen molar-refractivity contribution in [2.24, 2.45) is 11.3 Å². The first-order valence-corrected chi connectivity index (χ1v) is 9.44. The van der Waals surface area contributed by atoms with E-state index in [4.69, 9.17) is 4.74 Å². The number of hydrogen-bond acceptors (Lipinski definition) is 3. The maximum absolute atomic E-state index is 13.0. The molecular formula is C21H32N2O3. The molecule has 0 bridgehead atoms. The number of nitrogens with zero attached hydrogens (tertiary/aromatic N) is 2. The van der Waals surface area contributed by atoms with Gasteiger partial charge < -0.3 is 14.5 Å². The summed E-state index contributed by atoms with van der Waals surface area (Å²) in [7, 11) is 1.65. The molecule has 1 aromatic rings. The molecule has 5 heteroatoms. The Bertz CT molecular complexity index is 587. The Hall–Kier alpha value is -1.88. The average molecular weight is 360 g/mol. The zero-order chi connectivity index (χ0) is 19.2. The van der Waals surface area contributed by atoms with Crippen molar-refractivity contribution < 1.29 is 14.3 Å². The van der Waals surface area contributed by atoms with Gasteiger partial charge in [0.2, 0.25) is 11.8 Å². The van der Waals surface area contributed by atoms with Crippen LogP contribution >= 0.6 is 0 Å². The van der Waals surface area contributed by atoms with Gasteiger partial charge in [0, 0.05) is 44.6 Å². The van der Waals surface area contributed by atoms with Crippen LogP contribution in [0.1, 0.15) is 39.2 Å². The van der Waals surface area contributed by atoms with Gasteiger partial charge in [0.15, 0.2) is 0 Å².